The molecule has 20 heavy (non-hydrogen) atoms. The van der Waals surface area contributed by atoms with Gasteiger partial charge in [-0.15, -0.1) is 0 Å². The molecule has 1 rings (SSSR count). The van der Waals surface area contributed by atoms with Crippen LogP contribution in [0.3, 0.4) is 0 Å². The summed E-state index contributed by atoms with van der Waals surface area (Å²) in [6, 6.07) is 0. The average molecular weight is 287 g/mol. The van der Waals surface area contributed by atoms with Crippen molar-refractivity contribution in [3.63, 3.8) is 0 Å². The summed E-state index contributed by atoms with van der Waals surface area (Å²) < 4.78 is 16.6. The van der Waals surface area contributed by atoms with Gasteiger partial charge in [0.05, 0.1) is 13.2 Å². The second kappa shape index (κ2) is 7.84. The highest BCUT2D eigenvalue weighted by molar-refractivity contribution is 5.68. The molecule has 0 atom stereocenters. The molecule has 1 aliphatic heterocycles. The van der Waals surface area contributed by atoms with Crippen molar-refractivity contribution >= 4 is 6.09 Å². The quantitative estimate of drug-likeness (QED) is 0.780. The lowest BCUT2D eigenvalue weighted by molar-refractivity contribution is -0.202. The normalized spacial score (nSPS) is 23.4. The van der Waals surface area contributed by atoms with Crippen molar-refractivity contribution in [2.75, 3.05) is 26.3 Å². The Morgan fingerprint density at radius 1 is 1.25 bits per heavy atom. The van der Waals surface area contributed by atoms with E-state index in [4.69, 9.17) is 14.2 Å². The maximum atomic E-state index is 12.0. The Kier molecular flexibility index (Phi) is 6.76. The number of nitrogens with zero attached hydrogens (tertiary/aromatic N) is 1. The molecule has 1 fully saturated rings. The zero-order chi connectivity index (χ0) is 15.2. The van der Waals surface area contributed by atoms with Crippen molar-refractivity contribution in [2.45, 2.75) is 59.4 Å². The fourth-order valence-electron chi connectivity index (χ4n) is 2.03. The monoisotopic (exact) mass is 287 g/mol. The van der Waals surface area contributed by atoms with E-state index in [9.17, 15) is 4.79 Å². The molecule has 0 aliphatic carbocycles. The van der Waals surface area contributed by atoms with Crippen molar-refractivity contribution in [1.82, 2.24) is 4.90 Å². The van der Waals surface area contributed by atoms with Crippen molar-refractivity contribution in [3.05, 3.63) is 0 Å². The Hall–Kier alpha value is -0.810. The van der Waals surface area contributed by atoms with Crippen molar-refractivity contribution in [2.24, 2.45) is 5.92 Å². The number of ether oxygens (including phenoxy) is 3. The SMILES string of the molecule is CCC1OCC(CCN(CC)C(=O)OC(C)(C)C)CO1. The van der Waals surface area contributed by atoms with Crippen LogP contribution in [0.5, 0.6) is 0 Å². The van der Waals surface area contributed by atoms with Gasteiger partial charge in [-0.3, -0.25) is 0 Å². The second-order valence-electron chi connectivity index (χ2n) is 6.22. The molecule has 0 aromatic rings. The van der Waals surface area contributed by atoms with Crippen molar-refractivity contribution < 1.29 is 19.0 Å². The van der Waals surface area contributed by atoms with Crippen LogP contribution in [-0.2, 0) is 14.2 Å². The number of amides is 1. The fourth-order valence-corrected chi connectivity index (χ4v) is 2.03. The summed E-state index contributed by atoms with van der Waals surface area (Å²) in [6.07, 6.45) is 1.46. The lowest BCUT2D eigenvalue weighted by Crippen LogP contribution is -2.39. The molecule has 0 radical (unpaired) electrons. The number of carbonyl (C=O) groups excluding carboxylic acids is 1. The molecule has 0 aromatic carbocycles. The number of hydrogen-bond donors (Lipinski definition) is 0. The molecule has 5 heteroatoms. The lowest BCUT2D eigenvalue weighted by atomic mass is 10.1. The smallest absolute Gasteiger partial charge is 0.410 e. The topological polar surface area (TPSA) is 48.0 Å². The summed E-state index contributed by atoms with van der Waals surface area (Å²) in [7, 11) is 0. The summed E-state index contributed by atoms with van der Waals surface area (Å²) in [5, 5.41) is 0. The van der Waals surface area contributed by atoms with Crippen LogP contribution in [-0.4, -0.2) is 49.2 Å². The Morgan fingerprint density at radius 2 is 1.85 bits per heavy atom. The summed E-state index contributed by atoms with van der Waals surface area (Å²) in [6.45, 7) is 12.4. The molecule has 0 saturated carbocycles. The predicted octanol–water partition coefficient (Wildman–Crippen LogP) is 3.03. The second-order valence-corrected chi connectivity index (χ2v) is 6.22. The Labute approximate surface area is 122 Å². The first-order valence-electron chi connectivity index (χ1n) is 7.56. The molecule has 1 aliphatic rings. The van der Waals surface area contributed by atoms with E-state index in [0.717, 1.165) is 12.8 Å². The minimum Gasteiger partial charge on any atom is -0.444 e. The van der Waals surface area contributed by atoms with Crippen LogP contribution in [0.15, 0.2) is 0 Å². The van der Waals surface area contributed by atoms with Gasteiger partial charge in [0.1, 0.15) is 5.60 Å². The van der Waals surface area contributed by atoms with Gasteiger partial charge in [-0.25, -0.2) is 4.79 Å². The highest BCUT2D eigenvalue weighted by Crippen LogP contribution is 2.17. The zero-order valence-corrected chi connectivity index (χ0v) is 13.5. The molecular weight excluding hydrogens is 258 g/mol. The molecule has 1 amide bonds. The van der Waals surface area contributed by atoms with Crippen LogP contribution in [0, 0.1) is 5.92 Å². The number of carbonyl (C=O) groups is 1. The molecule has 0 spiro atoms. The highest BCUT2D eigenvalue weighted by Gasteiger charge is 2.24. The van der Waals surface area contributed by atoms with Gasteiger partial charge >= 0.3 is 6.09 Å². The number of hydrogen-bond acceptors (Lipinski definition) is 4. The van der Waals surface area contributed by atoms with Gasteiger partial charge in [-0.2, -0.15) is 0 Å². The molecular formula is C15H29NO4. The third-order valence-corrected chi connectivity index (χ3v) is 3.21. The molecule has 0 aromatic heterocycles. The summed E-state index contributed by atoms with van der Waals surface area (Å²) in [4.78, 5) is 13.7. The minimum absolute atomic E-state index is 0.0561. The van der Waals surface area contributed by atoms with Gasteiger partial charge in [-0.1, -0.05) is 6.92 Å². The van der Waals surface area contributed by atoms with E-state index >= 15 is 0 Å². The Bertz CT molecular complexity index is 293. The molecule has 5 nitrogen and oxygen atoms in total. The van der Waals surface area contributed by atoms with E-state index in [1.807, 2.05) is 34.6 Å². The zero-order valence-electron chi connectivity index (χ0n) is 13.5. The average Bonchev–Trinajstić information content (AvgIpc) is 2.38. The molecule has 0 unspecified atom stereocenters. The standard InChI is InChI=1S/C15H29NO4/c1-6-13-18-10-12(11-19-13)8-9-16(7-2)14(17)20-15(3,4)5/h12-13H,6-11H2,1-5H3. The van der Waals surface area contributed by atoms with Gasteiger partial charge < -0.3 is 19.1 Å². The molecule has 0 N–H and O–H groups in total. The van der Waals surface area contributed by atoms with Gasteiger partial charge in [0, 0.05) is 19.0 Å². The van der Waals surface area contributed by atoms with Crippen molar-refractivity contribution in [3.8, 4) is 0 Å². The fraction of sp³-hybridized carbons (Fsp3) is 0.933. The van der Waals surface area contributed by atoms with E-state index in [-0.39, 0.29) is 12.4 Å². The first kappa shape index (κ1) is 17.2. The molecule has 1 heterocycles. The largest absolute Gasteiger partial charge is 0.444 e. The molecule has 118 valence electrons. The minimum atomic E-state index is -0.449. The first-order chi connectivity index (χ1) is 9.35. The number of rotatable bonds is 5. The van der Waals surface area contributed by atoms with E-state index in [1.54, 1.807) is 4.90 Å². The first-order valence-corrected chi connectivity index (χ1v) is 7.56. The van der Waals surface area contributed by atoms with Crippen LogP contribution < -0.4 is 0 Å². The summed E-state index contributed by atoms with van der Waals surface area (Å²) >= 11 is 0. The highest BCUT2D eigenvalue weighted by atomic mass is 16.7. The van der Waals surface area contributed by atoms with Crippen LogP contribution in [0.1, 0.15) is 47.5 Å². The van der Waals surface area contributed by atoms with Crippen LogP contribution in [0.25, 0.3) is 0 Å². The maximum Gasteiger partial charge on any atom is 0.410 e. The van der Waals surface area contributed by atoms with Crippen LogP contribution in [0.4, 0.5) is 4.79 Å². The Morgan fingerprint density at radius 3 is 2.30 bits per heavy atom. The lowest BCUT2D eigenvalue weighted by Gasteiger charge is -2.31. The predicted molar refractivity (Wildman–Crippen MR) is 77.6 cm³/mol. The Balaban J connectivity index is 2.33. The van der Waals surface area contributed by atoms with Crippen LogP contribution in [0.2, 0.25) is 0 Å². The van der Waals surface area contributed by atoms with Gasteiger partial charge in [-0.05, 0) is 40.5 Å². The van der Waals surface area contributed by atoms with Crippen molar-refractivity contribution in [1.29, 1.82) is 0 Å². The van der Waals surface area contributed by atoms with Gasteiger partial charge in [0.15, 0.2) is 6.29 Å². The van der Waals surface area contributed by atoms with E-state index < -0.39 is 5.60 Å². The van der Waals surface area contributed by atoms with Gasteiger partial charge in [0.2, 0.25) is 0 Å². The van der Waals surface area contributed by atoms with E-state index in [2.05, 4.69) is 0 Å². The molecule has 1 saturated heterocycles. The van der Waals surface area contributed by atoms with E-state index in [1.165, 1.54) is 0 Å². The van der Waals surface area contributed by atoms with Crippen LogP contribution >= 0.6 is 0 Å². The third-order valence-electron chi connectivity index (χ3n) is 3.21. The van der Waals surface area contributed by atoms with Gasteiger partial charge in [0.25, 0.3) is 0 Å². The summed E-state index contributed by atoms with van der Waals surface area (Å²) in [5.74, 6) is 0.356. The molecule has 0 bridgehead atoms. The maximum absolute atomic E-state index is 12.0. The third kappa shape index (κ3) is 6.09. The summed E-state index contributed by atoms with van der Waals surface area (Å²) in [5.41, 5.74) is -0.449. The van der Waals surface area contributed by atoms with E-state index in [0.29, 0.717) is 32.2 Å².